The van der Waals surface area contributed by atoms with Crippen LogP contribution in [0.15, 0.2) is 54.7 Å². The SMILES string of the molecule is COc1ccc(-n2ccc3ccc(F)cc32)cc1. The largest absolute Gasteiger partial charge is 0.497 e. The Morgan fingerprint density at radius 1 is 1.00 bits per heavy atom. The second-order valence-electron chi connectivity index (χ2n) is 4.09. The summed E-state index contributed by atoms with van der Waals surface area (Å²) in [5.41, 5.74) is 1.84. The molecule has 2 aromatic carbocycles. The number of hydrogen-bond acceptors (Lipinski definition) is 1. The van der Waals surface area contributed by atoms with Gasteiger partial charge in [0.05, 0.1) is 12.6 Å². The number of benzene rings is 2. The topological polar surface area (TPSA) is 14.2 Å². The maximum absolute atomic E-state index is 13.3. The molecule has 1 heterocycles. The van der Waals surface area contributed by atoms with Crippen LogP contribution < -0.4 is 4.74 Å². The quantitative estimate of drug-likeness (QED) is 0.666. The summed E-state index contributed by atoms with van der Waals surface area (Å²) >= 11 is 0. The van der Waals surface area contributed by atoms with Crippen molar-refractivity contribution in [3.63, 3.8) is 0 Å². The first kappa shape index (κ1) is 10.8. The molecule has 0 unspecified atom stereocenters. The molecule has 2 nitrogen and oxygen atoms in total. The Kier molecular flexibility index (Phi) is 2.52. The molecule has 0 aliphatic heterocycles. The van der Waals surface area contributed by atoms with Gasteiger partial charge in [0.25, 0.3) is 0 Å². The molecule has 0 radical (unpaired) electrons. The summed E-state index contributed by atoms with van der Waals surface area (Å²) in [7, 11) is 1.63. The highest BCUT2D eigenvalue weighted by Gasteiger charge is 2.04. The number of fused-ring (bicyclic) bond motifs is 1. The summed E-state index contributed by atoms with van der Waals surface area (Å²) in [5, 5.41) is 1.02. The van der Waals surface area contributed by atoms with Gasteiger partial charge in [-0.3, -0.25) is 0 Å². The standard InChI is InChI=1S/C15H12FNO/c1-18-14-6-4-13(5-7-14)17-9-8-11-2-3-12(16)10-15(11)17/h2-10H,1H3. The normalized spacial score (nSPS) is 10.8. The number of hydrogen-bond donors (Lipinski definition) is 0. The van der Waals surface area contributed by atoms with Gasteiger partial charge in [-0.25, -0.2) is 4.39 Å². The molecular formula is C15H12FNO. The highest BCUT2D eigenvalue weighted by Crippen LogP contribution is 2.22. The molecule has 90 valence electrons. The van der Waals surface area contributed by atoms with Crippen LogP contribution in [0.5, 0.6) is 5.75 Å². The van der Waals surface area contributed by atoms with E-state index in [0.717, 1.165) is 22.3 Å². The molecule has 0 fully saturated rings. The first-order valence-corrected chi connectivity index (χ1v) is 5.69. The van der Waals surface area contributed by atoms with Crippen LogP contribution in [0, 0.1) is 5.82 Å². The van der Waals surface area contributed by atoms with Crippen molar-refractivity contribution in [2.24, 2.45) is 0 Å². The Balaban J connectivity index is 2.15. The number of nitrogens with zero attached hydrogens (tertiary/aromatic N) is 1. The van der Waals surface area contributed by atoms with Crippen LogP contribution in [0.2, 0.25) is 0 Å². The zero-order chi connectivity index (χ0) is 12.5. The molecule has 0 amide bonds. The van der Waals surface area contributed by atoms with Gasteiger partial charge in [-0.05, 0) is 48.5 Å². The Morgan fingerprint density at radius 3 is 2.50 bits per heavy atom. The molecule has 3 rings (SSSR count). The summed E-state index contributed by atoms with van der Waals surface area (Å²) in [6.07, 6.45) is 1.94. The average molecular weight is 241 g/mol. The van der Waals surface area contributed by atoms with Crippen molar-refractivity contribution in [1.82, 2.24) is 4.57 Å². The van der Waals surface area contributed by atoms with Gasteiger partial charge in [-0.1, -0.05) is 0 Å². The van der Waals surface area contributed by atoms with Crippen molar-refractivity contribution < 1.29 is 9.13 Å². The van der Waals surface area contributed by atoms with Gasteiger partial charge in [-0.2, -0.15) is 0 Å². The van der Waals surface area contributed by atoms with Crippen molar-refractivity contribution in [2.75, 3.05) is 7.11 Å². The molecule has 3 aromatic rings. The molecule has 0 saturated carbocycles. The second-order valence-corrected chi connectivity index (χ2v) is 4.09. The predicted molar refractivity (Wildman–Crippen MR) is 69.8 cm³/mol. The molecule has 0 saturated heterocycles. The third-order valence-electron chi connectivity index (χ3n) is 3.01. The van der Waals surface area contributed by atoms with Gasteiger partial charge in [0, 0.05) is 17.3 Å². The maximum atomic E-state index is 13.3. The lowest BCUT2D eigenvalue weighted by molar-refractivity contribution is 0.415. The van der Waals surface area contributed by atoms with E-state index >= 15 is 0 Å². The molecule has 18 heavy (non-hydrogen) atoms. The highest BCUT2D eigenvalue weighted by atomic mass is 19.1. The first-order chi connectivity index (χ1) is 8.78. The molecule has 0 aliphatic rings. The fourth-order valence-corrected chi connectivity index (χ4v) is 2.07. The third kappa shape index (κ3) is 1.74. The van der Waals surface area contributed by atoms with E-state index in [1.807, 2.05) is 41.1 Å². The van der Waals surface area contributed by atoms with Crippen LogP contribution >= 0.6 is 0 Å². The Bertz CT molecular complexity index is 685. The van der Waals surface area contributed by atoms with E-state index in [4.69, 9.17) is 4.74 Å². The Labute approximate surface area is 104 Å². The van der Waals surface area contributed by atoms with Gasteiger partial charge in [0.1, 0.15) is 11.6 Å². The van der Waals surface area contributed by atoms with E-state index < -0.39 is 0 Å². The van der Waals surface area contributed by atoms with Crippen LogP contribution in [-0.4, -0.2) is 11.7 Å². The fourth-order valence-electron chi connectivity index (χ4n) is 2.07. The predicted octanol–water partition coefficient (Wildman–Crippen LogP) is 3.78. The van der Waals surface area contributed by atoms with Gasteiger partial charge < -0.3 is 9.30 Å². The smallest absolute Gasteiger partial charge is 0.125 e. The number of rotatable bonds is 2. The summed E-state index contributed by atoms with van der Waals surface area (Å²) < 4.78 is 20.4. The lowest BCUT2D eigenvalue weighted by atomic mass is 10.2. The zero-order valence-electron chi connectivity index (χ0n) is 9.93. The Morgan fingerprint density at radius 2 is 1.78 bits per heavy atom. The van der Waals surface area contributed by atoms with Crippen LogP contribution in [0.4, 0.5) is 4.39 Å². The van der Waals surface area contributed by atoms with Crippen molar-refractivity contribution >= 4 is 10.9 Å². The summed E-state index contributed by atoms with van der Waals surface area (Å²) in [4.78, 5) is 0. The number of halogens is 1. The molecule has 1 aromatic heterocycles. The highest BCUT2D eigenvalue weighted by molar-refractivity contribution is 5.82. The number of aromatic nitrogens is 1. The lowest BCUT2D eigenvalue weighted by Crippen LogP contribution is -1.92. The van der Waals surface area contributed by atoms with E-state index in [1.54, 1.807) is 19.2 Å². The van der Waals surface area contributed by atoms with Crippen molar-refractivity contribution in [2.45, 2.75) is 0 Å². The second kappa shape index (κ2) is 4.18. The van der Waals surface area contributed by atoms with Crippen molar-refractivity contribution in [1.29, 1.82) is 0 Å². The maximum Gasteiger partial charge on any atom is 0.125 e. The fraction of sp³-hybridized carbons (Fsp3) is 0.0667. The molecule has 3 heteroatoms. The molecular weight excluding hydrogens is 229 g/mol. The summed E-state index contributed by atoms with van der Waals surface area (Å²) in [6, 6.07) is 14.4. The van der Waals surface area contributed by atoms with Crippen LogP contribution in [0.25, 0.3) is 16.6 Å². The minimum absolute atomic E-state index is 0.226. The minimum atomic E-state index is -0.226. The van der Waals surface area contributed by atoms with Gasteiger partial charge in [-0.15, -0.1) is 0 Å². The van der Waals surface area contributed by atoms with E-state index in [9.17, 15) is 4.39 Å². The summed E-state index contributed by atoms with van der Waals surface area (Å²) in [6.45, 7) is 0. The lowest BCUT2D eigenvalue weighted by Gasteiger charge is -2.06. The van der Waals surface area contributed by atoms with E-state index in [-0.39, 0.29) is 5.82 Å². The molecule has 0 bridgehead atoms. The minimum Gasteiger partial charge on any atom is -0.497 e. The van der Waals surface area contributed by atoms with Gasteiger partial charge in [0.2, 0.25) is 0 Å². The Hall–Kier alpha value is -2.29. The molecule has 0 atom stereocenters. The first-order valence-electron chi connectivity index (χ1n) is 5.69. The van der Waals surface area contributed by atoms with Crippen LogP contribution in [0.1, 0.15) is 0 Å². The van der Waals surface area contributed by atoms with E-state index in [1.165, 1.54) is 6.07 Å². The molecule has 0 aliphatic carbocycles. The van der Waals surface area contributed by atoms with E-state index in [2.05, 4.69) is 0 Å². The summed E-state index contributed by atoms with van der Waals surface area (Å²) in [5.74, 6) is 0.581. The van der Waals surface area contributed by atoms with Crippen molar-refractivity contribution in [3.8, 4) is 11.4 Å². The zero-order valence-corrected chi connectivity index (χ0v) is 9.93. The monoisotopic (exact) mass is 241 g/mol. The van der Waals surface area contributed by atoms with Crippen LogP contribution in [0.3, 0.4) is 0 Å². The van der Waals surface area contributed by atoms with Gasteiger partial charge in [0.15, 0.2) is 0 Å². The van der Waals surface area contributed by atoms with Gasteiger partial charge >= 0.3 is 0 Å². The van der Waals surface area contributed by atoms with Crippen molar-refractivity contribution in [3.05, 3.63) is 60.5 Å². The number of ether oxygens (including phenoxy) is 1. The molecule has 0 N–H and O–H groups in total. The third-order valence-corrected chi connectivity index (χ3v) is 3.01. The average Bonchev–Trinajstić information content (AvgIpc) is 2.82. The molecule has 0 spiro atoms. The van der Waals surface area contributed by atoms with E-state index in [0.29, 0.717) is 0 Å². The van der Waals surface area contributed by atoms with Crippen LogP contribution in [-0.2, 0) is 0 Å². The number of methoxy groups -OCH3 is 1.